The minimum atomic E-state index is 0.566. The highest BCUT2D eigenvalue weighted by atomic mass is 16.5. The van der Waals surface area contributed by atoms with E-state index in [9.17, 15) is 0 Å². The number of nitrogens with zero attached hydrogens (tertiary/aromatic N) is 3. The number of ether oxygens (including phenoxy) is 2. The lowest BCUT2D eigenvalue weighted by Gasteiger charge is -2.09. The van der Waals surface area contributed by atoms with Crippen LogP contribution >= 0.6 is 0 Å². The van der Waals surface area contributed by atoms with Gasteiger partial charge in [0.2, 0.25) is 5.95 Å². The maximum atomic E-state index is 5.34. The molecular weight excluding hydrogens is 232 g/mol. The van der Waals surface area contributed by atoms with E-state index in [2.05, 4.69) is 15.4 Å². The number of hydrogen-bond donors (Lipinski definition) is 1. The van der Waals surface area contributed by atoms with Crippen molar-refractivity contribution in [2.75, 3.05) is 26.6 Å². The zero-order valence-corrected chi connectivity index (χ0v) is 10.9. The number of aryl methyl sites for hydroxylation is 1. The fraction of sp³-hybridized carbons (Fsp3) is 0.333. The standard InChI is InChI=1S/C12H16N4O2/c1-13-12-14-11(15-16(12)2)10-8(17-3)6-5-7-9(10)18-4/h5-7H,1-4H3,(H,13,14,15). The second-order valence-corrected chi connectivity index (χ2v) is 3.67. The second kappa shape index (κ2) is 4.95. The third-order valence-electron chi connectivity index (χ3n) is 2.64. The topological polar surface area (TPSA) is 61.2 Å². The molecule has 0 bridgehead atoms. The molecule has 2 aromatic rings. The average molecular weight is 248 g/mol. The summed E-state index contributed by atoms with van der Waals surface area (Å²) in [6, 6.07) is 5.57. The molecule has 6 nitrogen and oxygen atoms in total. The van der Waals surface area contributed by atoms with Gasteiger partial charge in [0.25, 0.3) is 0 Å². The first-order valence-corrected chi connectivity index (χ1v) is 5.51. The van der Waals surface area contributed by atoms with E-state index in [0.717, 1.165) is 5.56 Å². The van der Waals surface area contributed by atoms with Crippen LogP contribution in [0.25, 0.3) is 11.4 Å². The monoisotopic (exact) mass is 248 g/mol. The smallest absolute Gasteiger partial charge is 0.221 e. The lowest BCUT2D eigenvalue weighted by molar-refractivity contribution is 0.397. The largest absolute Gasteiger partial charge is 0.496 e. The van der Waals surface area contributed by atoms with Gasteiger partial charge in [-0.3, -0.25) is 0 Å². The number of hydrogen-bond acceptors (Lipinski definition) is 5. The molecule has 2 rings (SSSR count). The number of aromatic nitrogens is 3. The highest BCUT2D eigenvalue weighted by Crippen LogP contribution is 2.36. The fourth-order valence-electron chi connectivity index (χ4n) is 1.78. The third kappa shape index (κ3) is 1.97. The normalized spacial score (nSPS) is 10.2. The first-order chi connectivity index (χ1) is 8.71. The molecule has 1 N–H and O–H groups in total. The number of rotatable bonds is 4. The van der Waals surface area contributed by atoms with Crippen molar-refractivity contribution in [3.05, 3.63) is 18.2 Å². The van der Waals surface area contributed by atoms with Gasteiger partial charge in [-0.05, 0) is 12.1 Å². The van der Waals surface area contributed by atoms with Crippen molar-refractivity contribution in [3.8, 4) is 22.9 Å². The molecule has 0 aliphatic carbocycles. The Morgan fingerprint density at radius 2 is 1.78 bits per heavy atom. The molecule has 0 aliphatic heterocycles. The predicted molar refractivity (Wildman–Crippen MR) is 69.1 cm³/mol. The Balaban J connectivity index is 2.60. The zero-order chi connectivity index (χ0) is 13.1. The number of methoxy groups -OCH3 is 2. The molecule has 1 aromatic carbocycles. The summed E-state index contributed by atoms with van der Waals surface area (Å²) in [7, 11) is 6.85. The number of anilines is 1. The minimum absolute atomic E-state index is 0.566. The summed E-state index contributed by atoms with van der Waals surface area (Å²) in [5, 5.41) is 7.32. The Hall–Kier alpha value is -2.24. The van der Waals surface area contributed by atoms with Crippen LogP contribution < -0.4 is 14.8 Å². The number of nitrogens with one attached hydrogen (secondary N) is 1. The summed E-state index contributed by atoms with van der Waals surface area (Å²) in [5.74, 6) is 2.61. The van der Waals surface area contributed by atoms with E-state index in [1.54, 1.807) is 25.9 Å². The van der Waals surface area contributed by atoms with Crippen LogP contribution in [0.1, 0.15) is 0 Å². The van der Waals surface area contributed by atoms with Crippen molar-refractivity contribution in [2.24, 2.45) is 7.05 Å². The second-order valence-electron chi connectivity index (χ2n) is 3.67. The predicted octanol–water partition coefficient (Wildman–Crippen LogP) is 1.54. The Bertz CT molecular complexity index is 529. The van der Waals surface area contributed by atoms with Gasteiger partial charge in [-0.2, -0.15) is 4.98 Å². The molecule has 0 atom stereocenters. The molecule has 96 valence electrons. The minimum Gasteiger partial charge on any atom is -0.496 e. The van der Waals surface area contributed by atoms with E-state index >= 15 is 0 Å². The van der Waals surface area contributed by atoms with Gasteiger partial charge < -0.3 is 14.8 Å². The first kappa shape index (κ1) is 12.2. The fourth-order valence-corrected chi connectivity index (χ4v) is 1.78. The van der Waals surface area contributed by atoms with Crippen LogP contribution in [0.15, 0.2) is 18.2 Å². The SMILES string of the molecule is CNc1nc(-c2c(OC)cccc2OC)nn1C. The van der Waals surface area contributed by atoms with E-state index in [-0.39, 0.29) is 0 Å². The highest BCUT2D eigenvalue weighted by Gasteiger charge is 2.17. The molecule has 0 fully saturated rings. The molecule has 0 aliphatic rings. The van der Waals surface area contributed by atoms with Crippen molar-refractivity contribution in [1.82, 2.24) is 14.8 Å². The van der Waals surface area contributed by atoms with Crippen molar-refractivity contribution in [1.29, 1.82) is 0 Å². The van der Waals surface area contributed by atoms with E-state index in [1.165, 1.54) is 0 Å². The van der Waals surface area contributed by atoms with Gasteiger partial charge in [-0.1, -0.05) is 6.07 Å². The van der Waals surface area contributed by atoms with Crippen LogP contribution in [0.2, 0.25) is 0 Å². The van der Waals surface area contributed by atoms with Crippen LogP contribution in [-0.2, 0) is 7.05 Å². The molecule has 1 aromatic heterocycles. The van der Waals surface area contributed by atoms with Crippen LogP contribution in [0, 0.1) is 0 Å². The van der Waals surface area contributed by atoms with Gasteiger partial charge in [0.1, 0.15) is 17.1 Å². The molecule has 0 unspecified atom stereocenters. The van der Waals surface area contributed by atoms with Gasteiger partial charge in [0, 0.05) is 14.1 Å². The molecule has 0 amide bonds. The third-order valence-corrected chi connectivity index (χ3v) is 2.64. The van der Waals surface area contributed by atoms with Crippen LogP contribution in [-0.4, -0.2) is 36.0 Å². The zero-order valence-electron chi connectivity index (χ0n) is 10.9. The van der Waals surface area contributed by atoms with Crippen LogP contribution in [0.3, 0.4) is 0 Å². The Morgan fingerprint density at radius 3 is 2.22 bits per heavy atom. The summed E-state index contributed by atoms with van der Waals surface area (Å²) in [6.45, 7) is 0. The molecule has 0 spiro atoms. The van der Waals surface area contributed by atoms with Crippen molar-refractivity contribution < 1.29 is 9.47 Å². The lowest BCUT2D eigenvalue weighted by atomic mass is 10.1. The Morgan fingerprint density at radius 1 is 1.17 bits per heavy atom. The maximum absolute atomic E-state index is 5.34. The number of benzene rings is 1. The molecule has 1 heterocycles. The van der Waals surface area contributed by atoms with E-state index in [0.29, 0.717) is 23.3 Å². The molecule has 18 heavy (non-hydrogen) atoms. The quantitative estimate of drug-likeness (QED) is 0.889. The molecular formula is C12H16N4O2. The van der Waals surface area contributed by atoms with E-state index in [1.807, 2.05) is 25.2 Å². The lowest BCUT2D eigenvalue weighted by Crippen LogP contribution is -1.98. The highest BCUT2D eigenvalue weighted by molar-refractivity contribution is 5.72. The summed E-state index contributed by atoms with van der Waals surface area (Å²) in [5.41, 5.74) is 0.750. The summed E-state index contributed by atoms with van der Waals surface area (Å²) in [4.78, 5) is 4.40. The molecule has 0 radical (unpaired) electrons. The van der Waals surface area contributed by atoms with Gasteiger partial charge in [-0.15, -0.1) is 5.10 Å². The maximum Gasteiger partial charge on any atom is 0.221 e. The van der Waals surface area contributed by atoms with Crippen LogP contribution in [0.4, 0.5) is 5.95 Å². The summed E-state index contributed by atoms with van der Waals surface area (Å²) in [6.07, 6.45) is 0. The average Bonchev–Trinajstić information content (AvgIpc) is 2.78. The van der Waals surface area contributed by atoms with Crippen molar-refractivity contribution in [3.63, 3.8) is 0 Å². The Kier molecular flexibility index (Phi) is 3.36. The van der Waals surface area contributed by atoms with Gasteiger partial charge >= 0.3 is 0 Å². The first-order valence-electron chi connectivity index (χ1n) is 5.51. The van der Waals surface area contributed by atoms with Gasteiger partial charge in [-0.25, -0.2) is 4.68 Å². The molecule has 6 heteroatoms. The Labute approximate surface area is 106 Å². The summed E-state index contributed by atoms with van der Waals surface area (Å²) >= 11 is 0. The molecule has 0 saturated carbocycles. The van der Waals surface area contributed by atoms with Crippen LogP contribution in [0.5, 0.6) is 11.5 Å². The van der Waals surface area contributed by atoms with Gasteiger partial charge in [0.15, 0.2) is 5.82 Å². The van der Waals surface area contributed by atoms with Gasteiger partial charge in [0.05, 0.1) is 14.2 Å². The van der Waals surface area contributed by atoms with Crippen molar-refractivity contribution in [2.45, 2.75) is 0 Å². The van der Waals surface area contributed by atoms with Crippen molar-refractivity contribution >= 4 is 5.95 Å². The van der Waals surface area contributed by atoms with E-state index in [4.69, 9.17) is 9.47 Å². The summed E-state index contributed by atoms with van der Waals surface area (Å²) < 4.78 is 12.3. The van der Waals surface area contributed by atoms with E-state index < -0.39 is 0 Å². The molecule has 0 saturated heterocycles.